The minimum absolute atomic E-state index is 0.0805. The van der Waals surface area contributed by atoms with Gasteiger partial charge in [-0.15, -0.1) is 0 Å². The molecule has 6 nitrogen and oxygen atoms in total. The molecule has 0 spiro atoms. The summed E-state index contributed by atoms with van der Waals surface area (Å²) in [7, 11) is -3.56. The topological polar surface area (TPSA) is 82.4 Å². The maximum atomic E-state index is 12.3. The van der Waals surface area contributed by atoms with Gasteiger partial charge in [0.2, 0.25) is 10.0 Å². The predicted molar refractivity (Wildman–Crippen MR) is 87.4 cm³/mol. The second-order valence-corrected chi connectivity index (χ2v) is 7.82. The number of morpholine rings is 1. The van der Waals surface area contributed by atoms with E-state index in [1.165, 1.54) is 24.3 Å². The van der Waals surface area contributed by atoms with Crippen LogP contribution in [0, 0.1) is 11.3 Å². The number of benzene rings is 1. The lowest BCUT2D eigenvalue weighted by Gasteiger charge is -2.38. The molecule has 1 N–H and O–H groups in total. The maximum absolute atomic E-state index is 12.3. The molecule has 1 aliphatic rings. The Kier molecular flexibility index (Phi) is 5.76. The van der Waals surface area contributed by atoms with Crippen LogP contribution in [0.2, 0.25) is 0 Å². The molecule has 1 fully saturated rings. The first-order chi connectivity index (χ1) is 10.8. The molecule has 7 heteroatoms. The van der Waals surface area contributed by atoms with Crippen molar-refractivity contribution in [3.63, 3.8) is 0 Å². The highest BCUT2D eigenvalue weighted by Gasteiger charge is 2.26. The van der Waals surface area contributed by atoms with E-state index in [9.17, 15) is 8.42 Å². The van der Waals surface area contributed by atoms with Crippen LogP contribution in [0.4, 0.5) is 0 Å². The lowest BCUT2D eigenvalue weighted by molar-refractivity contribution is -0.0776. The van der Waals surface area contributed by atoms with Crippen LogP contribution in [0.25, 0.3) is 0 Å². The molecule has 1 saturated heterocycles. The minimum atomic E-state index is -3.56. The number of nitrogens with zero attached hydrogens (tertiary/aromatic N) is 2. The molecule has 0 aromatic heterocycles. The third-order valence-corrected chi connectivity index (χ3v) is 5.37. The zero-order valence-corrected chi connectivity index (χ0v) is 14.5. The van der Waals surface area contributed by atoms with Crippen molar-refractivity contribution in [3.05, 3.63) is 29.8 Å². The van der Waals surface area contributed by atoms with Gasteiger partial charge in [-0.05, 0) is 45.0 Å². The third-order valence-electron chi connectivity index (χ3n) is 3.93. The fourth-order valence-corrected chi connectivity index (χ4v) is 3.85. The summed E-state index contributed by atoms with van der Waals surface area (Å²) in [5.74, 6) is 0. The van der Waals surface area contributed by atoms with E-state index >= 15 is 0 Å². The van der Waals surface area contributed by atoms with E-state index in [1.807, 2.05) is 26.8 Å². The molecule has 2 rings (SSSR count). The van der Waals surface area contributed by atoms with Crippen LogP contribution >= 0.6 is 0 Å². The van der Waals surface area contributed by atoms with Gasteiger partial charge < -0.3 is 4.74 Å². The van der Waals surface area contributed by atoms with Crippen molar-refractivity contribution in [1.82, 2.24) is 9.62 Å². The molecule has 0 radical (unpaired) electrons. The van der Waals surface area contributed by atoms with Gasteiger partial charge in [0.05, 0.1) is 28.7 Å². The summed E-state index contributed by atoms with van der Waals surface area (Å²) in [6.45, 7) is 7.98. The average Bonchev–Trinajstić information content (AvgIpc) is 2.52. The first kappa shape index (κ1) is 17.9. The summed E-state index contributed by atoms with van der Waals surface area (Å²) in [5, 5.41) is 8.76. The predicted octanol–water partition coefficient (Wildman–Crippen LogP) is 1.33. The van der Waals surface area contributed by atoms with E-state index in [2.05, 4.69) is 9.62 Å². The fourth-order valence-electron chi connectivity index (χ4n) is 2.73. The van der Waals surface area contributed by atoms with E-state index < -0.39 is 10.0 Å². The van der Waals surface area contributed by atoms with Crippen LogP contribution in [0.3, 0.4) is 0 Å². The number of rotatable bonds is 5. The summed E-state index contributed by atoms with van der Waals surface area (Å²) < 4.78 is 33.0. The van der Waals surface area contributed by atoms with Gasteiger partial charge in [-0.25, -0.2) is 13.1 Å². The van der Waals surface area contributed by atoms with Gasteiger partial charge in [-0.1, -0.05) is 0 Å². The molecular weight excluding hydrogens is 314 g/mol. The number of nitrogens with one attached hydrogen (secondary N) is 1. The van der Waals surface area contributed by atoms with Gasteiger partial charge in [0, 0.05) is 25.7 Å². The number of ether oxygens (including phenoxy) is 1. The molecule has 1 aromatic rings. The summed E-state index contributed by atoms with van der Waals surface area (Å²) in [6.07, 6.45) is 0.299. The van der Waals surface area contributed by atoms with E-state index in [0.717, 1.165) is 13.1 Å². The standard InChI is InChI=1S/C16H23N3O3S/c1-12(19-10-13(2)22-14(3)11-19)9-18-23(20,21)16-6-4-15(8-17)5-7-16/h4-7,12-14,18H,9-11H2,1-3H3/t12-,13-,14-/m1/s1. The highest BCUT2D eigenvalue weighted by Crippen LogP contribution is 2.14. The highest BCUT2D eigenvalue weighted by atomic mass is 32.2. The Balaban J connectivity index is 1.96. The SMILES string of the molecule is C[C@@H]1CN([C@H](C)CNS(=O)(=O)c2ccc(C#N)cc2)C[C@@H](C)O1. The molecule has 1 aliphatic heterocycles. The molecule has 0 amide bonds. The lowest BCUT2D eigenvalue weighted by Crippen LogP contribution is -2.52. The normalized spacial score (nSPS) is 24.1. The second-order valence-electron chi connectivity index (χ2n) is 6.05. The van der Waals surface area contributed by atoms with Crippen molar-refractivity contribution >= 4 is 10.0 Å². The monoisotopic (exact) mass is 337 g/mol. The average molecular weight is 337 g/mol. The van der Waals surface area contributed by atoms with Crippen LogP contribution in [0.1, 0.15) is 26.3 Å². The van der Waals surface area contributed by atoms with Crippen molar-refractivity contribution < 1.29 is 13.2 Å². The Morgan fingerprint density at radius 3 is 2.39 bits per heavy atom. The third kappa shape index (κ3) is 4.75. The quantitative estimate of drug-likeness (QED) is 0.876. The molecule has 1 heterocycles. The number of hydrogen-bond donors (Lipinski definition) is 1. The van der Waals surface area contributed by atoms with E-state index in [-0.39, 0.29) is 23.1 Å². The molecule has 3 atom stereocenters. The summed E-state index contributed by atoms with van der Waals surface area (Å²) in [6, 6.07) is 7.96. The fraction of sp³-hybridized carbons (Fsp3) is 0.562. The van der Waals surface area contributed by atoms with E-state index in [1.54, 1.807) is 0 Å². The Hall–Kier alpha value is -1.46. The molecule has 23 heavy (non-hydrogen) atoms. The Morgan fingerprint density at radius 1 is 1.30 bits per heavy atom. The molecule has 0 aliphatic carbocycles. The second kappa shape index (κ2) is 7.41. The molecule has 1 aromatic carbocycles. The maximum Gasteiger partial charge on any atom is 0.240 e. The van der Waals surface area contributed by atoms with Crippen molar-refractivity contribution in [3.8, 4) is 6.07 Å². The first-order valence-electron chi connectivity index (χ1n) is 7.71. The van der Waals surface area contributed by atoms with Crippen LogP contribution in [-0.2, 0) is 14.8 Å². The van der Waals surface area contributed by atoms with E-state index in [4.69, 9.17) is 10.00 Å². The van der Waals surface area contributed by atoms with Crippen molar-refractivity contribution in [1.29, 1.82) is 5.26 Å². The number of sulfonamides is 1. The molecule has 0 bridgehead atoms. The Morgan fingerprint density at radius 2 is 1.87 bits per heavy atom. The van der Waals surface area contributed by atoms with Crippen molar-refractivity contribution in [2.45, 2.75) is 43.9 Å². The highest BCUT2D eigenvalue weighted by molar-refractivity contribution is 7.89. The van der Waals surface area contributed by atoms with Crippen LogP contribution in [-0.4, -0.2) is 51.2 Å². The zero-order chi connectivity index (χ0) is 17.0. The van der Waals surface area contributed by atoms with Gasteiger partial charge in [-0.3, -0.25) is 4.90 Å². The van der Waals surface area contributed by atoms with E-state index in [0.29, 0.717) is 12.1 Å². The number of nitriles is 1. The summed E-state index contributed by atoms with van der Waals surface area (Å²) >= 11 is 0. The number of hydrogen-bond acceptors (Lipinski definition) is 5. The molecular formula is C16H23N3O3S. The molecule has 126 valence electrons. The molecule has 0 unspecified atom stereocenters. The Bertz CT molecular complexity index is 657. The smallest absolute Gasteiger partial charge is 0.240 e. The van der Waals surface area contributed by atoms with Crippen molar-refractivity contribution in [2.24, 2.45) is 0 Å². The summed E-state index contributed by atoms with van der Waals surface area (Å²) in [5.41, 5.74) is 0.439. The van der Waals surface area contributed by atoms with Crippen molar-refractivity contribution in [2.75, 3.05) is 19.6 Å². The lowest BCUT2D eigenvalue weighted by atomic mass is 10.2. The van der Waals surface area contributed by atoms with Crippen LogP contribution < -0.4 is 4.72 Å². The van der Waals surface area contributed by atoms with Gasteiger partial charge in [-0.2, -0.15) is 5.26 Å². The van der Waals surface area contributed by atoms with Gasteiger partial charge in [0.25, 0.3) is 0 Å². The molecule has 0 saturated carbocycles. The largest absolute Gasteiger partial charge is 0.373 e. The van der Waals surface area contributed by atoms with Gasteiger partial charge >= 0.3 is 0 Å². The first-order valence-corrected chi connectivity index (χ1v) is 9.19. The van der Waals surface area contributed by atoms with Crippen LogP contribution in [0.5, 0.6) is 0 Å². The minimum Gasteiger partial charge on any atom is -0.373 e. The zero-order valence-electron chi connectivity index (χ0n) is 13.7. The van der Waals surface area contributed by atoms with Gasteiger partial charge in [0.1, 0.15) is 0 Å². The van der Waals surface area contributed by atoms with Crippen LogP contribution in [0.15, 0.2) is 29.2 Å². The summed E-state index contributed by atoms with van der Waals surface area (Å²) in [4.78, 5) is 2.41. The Labute approximate surface area is 138 Å². The van der Waals surface area contributed by atoms with Gasteiger partial charge in [0.15, 0.2) is 0 Å².